The van der Waals surface area contributed by atoms with Crippen molar-refractivity contribution in [3.8, 4) is 6.07 Å². The molecule has 0 aliphatic rings. The lowest BCUT2D eigenvalue weighted by Gasteiger charge is -2.08. The zero-order valence-electron chi connectivity index (χ0n) is 6.80. The number of halogens is 3. The highest BCUT2D eigenvalue weighted by Gasteiger charge is 2.33. The minimum absolute atomic E-state index is 0.115. The minimum Gasteiger partial charge on any atom is -0.298 e. The molecular weight excluding hydrogens is 195 g/mol. The number of carbonyl (C=O) groups excluding carboxylic acids is 1. The normalized spacial score (nSPS) is 10.7. The van der Waals surface area contributed by atoms with Gasteiger partial charge in [-0.1, -0.05) is 0 Å². The van der Waals surface area contributed by atoms with E-state index in [9.17, 15) is 18.0 Å². The molecule has 0 spiro atoms. The summed E-state index contributed by atoms with van der Waals surface area (Å²) in [4.78, 5) is 10.3. The van der Waals surface area contributed by atoms with E-state index in [1.165, 1.54) is 6.07 Å². The molecular formula is C9H4F3NO. The molecule has 1 aromatic carbocycles. The minimum atomic E-state index is -4.61. The molecule has 0 bridgehead atoms. The van der Waals surface area contributed by atoms with Gasteiger partial charge in [0.15, 0.2) is 6.29 Å². The molecule has 0 amide bonds. The van der Waals surface area contributed by atoms with Crippen molar-refractivity contribution >= 4 is 6.29 Å². The van der Waals surface area contributed by atoms with Crippen LogP contribution in [0.1, 0.15) is 21.5 Å². The summed E-state index contributed by atoms with van der Waals surface area (Å²) in [6.07, 6.45) is -4.49. The monoisotopic (exact) mass is 199 g/mol. The summed E-state index contributed by atoms with van der Waals surface area (Å²) in [6, 6.07) is 4.38. The molecule has 2 nitrogen and oxygen atoms in total. The van der Waals surface area contributed by atoms with Gasteiger partial charge in [0.2, 0.25) is 0 Å². The first-order valence-corrected chi connectivity index (χ1v) is 3.55. The lowest BCUT2D eigenvalue weighted by Crippen LogP contribution is -2.09. The van der Waals surface area contributed by atoms with Crippen molar-refractivity contribution in [3.63, 3.8) is 0 Å². The summed E-state index contributed by atoms with van der Waals surface area (Å²) >= 11 is 0. The van der Waals surface area contributed by atoms with Crippen molar-refractivity contribution < 1.29 is 18.0 Å². The van der Waals surface area contributed by atoms with E-state index in [0.717, 1.165) is 6.07 Å². The maximum atomic E-state index is 12.3. The van der Waals surface area contributed by atoms with Crippen LogP contribution in [0.5, 0.6) is 0 Å². The lowest BCUT2D eigenvalue weighted by atomic mass is 10.1. The van der Waals surface area contributed by atoms with Gasteiger partial charge in [0.25, 0.3) is 0 Å². The Balaban J connectivity index is 3.38. The van der Waals surface area contributed by atoms with E-state index in [4.69, 9.17) is 5.26 Å². The zero-order valence-corrected chi connectivity index (χ0v) is 6.80. The first-order valence-electron chi connectivity index (χ1n) is 3.55. The molecule has 0 radical (unpaired) electrons. The Morgan fingerprint density at radius 3 is 2.43 bits per heavy atom. The second-order valence-electron chi connectivity index (χ2n) is 2.53. The summed E-state index contributed by atoms with van der Waals surface area (Å²) in [5.41, 5.74) is -1.66. The molecule has 72 valence electrons. The van der Waals surface area contributed by atoms with Crippen molar-refractivity contribution in [1.82, 2.24) is 0 Å². The third-order valence-electron chi connectivity index (χ3n) is 1.61. The SMILES string of the molecule is N#Cc1ccc(C=O)c(C(F)(F)F)c1. The number of benzene rings is 1. The number of hydrogen-bond donors (Lipinski definition) is 0. The van der Waals surface area contributed by atoms with Crippen LogP contribution in [-0.2, 0) is 6.18 Å². The Bertz CT molecular complexity index is 403. The van der Waals surface area contributed by atoms with Crippen LogP contribution < -0.4 is 0 Å². The van der Waals surface area contributed by atoms with E-state index in [-0.39, 0.29) is 11.8 Å². The van der Waals surface area contributed by atoms with Crippen LogP contribution in [0.2, 0.25) is 0 Å². The molecule has 0 saturated carbocycles. The molecule has 0 aliphatic carbocycles. The van der Waals surface area contributed by atoms with E-state index < -0.39 is 17.3 Å². The van der Waals surface area contributed by atoms with Gasteiger partial charge in [-0.2, -0.15) is 18.4 Å². The predicted molar refractivity (Wildman–Crippen MR) is 41.5 cm³/mol. The molecule has 0 aromatic heterocycles. The maximum Gasteiger partial charge on any atom is 0.417 e. The van der Waals surface area contributed by atoms with Gasteiger partial charge in [-0.05, 0) is 18.2 Å². The Morgan fingerprint density at radius 1 is 1.36 bits per heavy atom. The molecule has 14 heavy (non-hydrogen) atoms. The second-order valence-corrected chi connectivity index (χ2v) is 2.53. The number of hydrogen-bond acceptors (Lipinski definition) is 2. The maximum absolute atomic E-state index is 12.3. The fourth-order valence-electron chi connectivity index (χ4n) is 0.974. The fourth-order valence-corrected chi connectivity index (χ4v) is 0.974. The highest BCUT2D eigenvalue weighted by molar-refractivity contribution is 5.78. The molecule has 0 saturated heterocycles. The molecule has 1 rings (SSSR count). The van der Waals surface area contributed by atoms with Gasteiger partial charge in [-0.3, -0.25) is 4.79 Å². The molecule has 0 heterocycles. The van der Waals surface area contributed by atoms with Gasteiger partial charge >= 0.3 is 6.18 Å². The van der Waals surface area contributed by atoms with Crippen LogP contribution in [0.15, 0.2) is 18.2 Å². The largest absolute Gasteiger partial charge is 0.417 e. The van der Waals surface area contributed by atoms with Crippen molar-refractivity contribution in [2.75, 3.05) is 0 Å². The highest BCUT2D eigenvalue weighted by atomic mass is 19.4. The number of carbonyl (C=O) groups is 1. The first-order chi connectivity index (χ1) is 6.49. The lowest BCUT2D eigenvalue weighted by molar-refractivity contribution is -0.137. The van der Waals surface area contributed by atoms with Crippen LogP contribution in [0.4, 0.5) is 13.2 Å². The number of aldehydes is 1. The molecule has 0 unspecified atom stereocenters. The molecule has 0 N–H and O–H groups in total. The molecule has 1 aromatic rings. The number of nitriles is 1. The zero-order chi connectivity index (χ0) is 10.8. The Kier molecular flexibility index (Phi) is 2.56. The van der Waals surface area contributed by atoms with Crippen LogP contribution in [-0.4, -0.2) is 6.29 Å². The fraction of sp³-hybridized carbons (Fsp3) is 0.111. The van der Waals surface area contributed by atoms with Gasteiger partial charge in [-0.15, -0.1) is 0 Å². The van der Waals surface area contributed by atoms with Gasteiger partial charge in [-0.25, -0.2) is 0 Å². The molecule has 0 fully saturated rings. The van der Waals surface area contributed by atoms with Gasteiger partial charge in [0, 0.05) is 5.56 Å². The van der Waals surface area contributed by atoms with Crippen molar-refractivity contribution in [3.05, 3.63) is 34.9 Å². The standard InChI is InChI=1S/C9H4F3NO/c10-9(11,12)8-3-6(4-13)1-2-7(8)5-14/h1-3,5H. The van der Waals surface area contributed by atoms with E-state index >= 15 is 0 Å². The Labute approximate surface area is 77.6 Å². The van der Waals surface area contributed by atoms with E-state index in [0.29, 0.717) is 6.07 Å². The topological polar surface area (TPSA) is 40.9 Å². The predicted octanol–water partition coefficient (Wildman–Crippen LogP) is 2.39. The van der Waals surface area contributed by atoms with E-state index in [1.807, 2.05) is 0 Å². The summed E-state index contributed by atoms with van der Waals surface area (Å²) in [5.74, 6) is 0. The smallest absolute Gasteiger partial charge is 0.298 e. The van der Waals surface area contributed by atoms with Gasteiger partial charge in [0.1, 0.15) is 0 Å². The Morgan fingerprint density at radius 2 is 2.00 bits per heavy atom. The average molecular weight is 199 g/mol. The van der Waals surface area contributed by atoms with E-state index in [1.54, 1.807) is 6.07 Å². The number of nitrogens with zero attached hydrogens (tertiary/aromatic N) is 1. The van der Waals surface area contributed by atoms with E-state index in [2.05, 4.69) is 0 Å². The third-order valence-corrected chi connectivity index (χ3v) is 1.61. The molecule has 0 aliphatic heterocycles. The summed E-state index contributed by atoms with van der Waals surface area (Å²) in [7, 11) is 0. The third kappa shape index (κ3) is 1.91. The average Bonchev–Trinajstić information content (AvgIpc) is 2.15. The van der Waals surface area contributed by atoms with Gasteiger partial charge < -0.3 is 0 Å². The number of rotatable bonds is 1. The summed E-state index contributed by atoms with van der Waals surface area (Å²) in [6.45, 7) is 0. The van der Waals surface area contributed by atoms with Crippen molar-refractivity contribution in [2.24, 2.45) is 0 Å². The van der Waals surface area contributed by atoms with Crippen LogP contribution in [0, 0.1) is 11.3 Å². The van der Waals surface area contributed by atoms with Crippen molar-refractivity contribution in [1.29, 1.82) is 5.26 Å². The molecule has 5 heteroatoms. The highest BCUT2D eigenvalue weighted by Crippen LogP contribution is 2.31. The number of alkyl halides is 3. The van der Waals surface area contributed by atoms with Crippen molar-refractivity contribution in [2.45, 2.75) is 6.18 Å². The second kappa shape index (κ2) is 3.50. The quantitative estimate of drug-likeness (QED) is 0.651. The van der Waals surface area contributed by atoms with Crippen LogP contribution >= 0.6 is 0 Å². The van der Waals surface area contributed by atoms with Crippen LogP contribution in [0.3, 0.4) is 0 Å². The molecule has 0 atom stereocenters. The van der Waals surface area contributed by atoms with Gasteiger partial charge in [0.05, 0.1) is 17.2 Å². The first kappa shape index (κ1) is 10.3. The summed E-state index contributed by atoms with van der Waals surface area (Å²) in [5, 5.41) is 8.39. The Hall–Kier alpha value is -1.83. The van der Waals surface area contributed by atoms with Crippen LogP contribution in [0.25, 0.3) is 0 Å². The summed E-state index contributed by atoms with van der Waals surface area (Å²) < 4.78 is 36.9.